The minimum Gasteiger partial charge on any atom is -0.490 e. The van der Waals surface area contributed by atoms with Gasteiger partial charge in [0.05, 0.1) is 13.2 Å². The number of benzene rings is 1. The Morgan fingerprint density at radius 1 is 1.20 bits per heavy atom. The van der Waals surface area contributed by atoms with Crippen LogP contribution in [0.4, 0.5) is 0 Å². The van der Waals surface area contributed by atoms with E-state index in [2.05, 4.69) is 30.4 Å². The smallest absolute Gasteiger partial charge is 0.161 e. The maximum absolute atomic E-state index is 5.81. The molecule has 1 aromatic rings. The first-order chi connectivity index (χ1) is 9.75. The molecule has 1 aliphatic heterocycles. The maximum atomic E-state index is 5.81. The summed E-state index contributed by atoms with van der Waals surface area (Å²) >= 11 is 0. The van der Waals surface area contributed by atoms with Gasteiger partial charge in [0.1, 0.15) is 0 Å². The minimum absolute atomic E-state index is 0.326. The Kier molecular flexibility index (Phi) is 2.92. The molecule has 3 aliphatic rings. The SMILES string of the molecule is CC1(c2ccc3c(c2)OCCCO3)CC1CNC1CC1. The first kappa shape index (κ1) is 12.5. The molecule has 1 aromatic carbocycles. The fourth-order valence-corrected chi connectivity index (χ4v) is 3.22. The van der Waals surface area contributed by atoms with Gasteiger partial charge in [-0.05, 0) is 54.8 Å². The number of ether oxygens (including phenoxy) is 2. The predicted molar refractivity (Wildman–Crippen MR) is 78.5 cm³/mol. The van der Waals surface area contributed by atoms with Gasteiger partial charge in [-0.25, -0.2) is 0 Å². The lowest BCUT2D eigenvalue weighted by atomic mass is 9.95. The standard InChI is InChI=1S/C17H23NO2/c1-17(10-13(17)11-18-14-4-5-14)12-3-6-15-16(9-12)20-8-2-7-19-15/h3,6,9,13-14,18H,2,4-5,7-8,10-11H2,1H3. The van der Waals surface area contributed by atoms with Crippen LogP contribution < -0.4 is 14.8 Å². The van der Waals surface area contributed by atoms with Crippen molar-refractivity contribution in [3.63, 3.8) is 0 Å². The topological polar surface area (TPSA) is 30.5 Å². The number of fused-ring (bicyclic) bond motifs is 1. The molecule has 0 amide bonds. The molecule has 3 nitrogen and oxygen atoms in total. The Morgan fingerprint density at radius 2 is 2.00 bits per heavy atom. The Hall–Kier alpha value is -1.22. The van der Waals surface area contributed by atoms with Crippen molar-refractivity contribution in [1.29, 1.82) is 0 Å². The zero-order valence-electron chi connectivity index (χ0n) is 12.2. The van der Waals surface area contributed by atoms with Crippen LogP contribution in [-0.4, -0.2) is 25.8 Å². The van der Waals surface area contributed by atoms with Crippen molar-refractivity contribution in [2.24, 2.45) is 5.92 Å². The van der Waals surface area contributed by atoms with Gasteiger partial charge in [0.25, 0.3) is 0 Å². The van der Waals surface area contributed by atoms with Crippen LogP contribution in [-0.2, 0) is 5.41 Å². The van der Waals surface area contributed by atoms with Crippen molar-refractivity contribution in [2.75, 3.05) is 19.8 Å². The molecule has 2 saturated carbocycles. The molecule has 1 heterocycles. The van der Waals surface area contributed by atoms with Gasteiger partial charge in [-0.1, -0.05) is 13.0 Å². The van der Waals surface area contributed by atoms with E-state index < -0.39 is 0 Å². The lowest BCUT2D eigenvalue weighted by Gasteiger charge is -2.15. The molecule has 20 heavy (non-hydrogen) atoms. The fraction of sp³-hybridized carbons (Fsp3) is 0.647. The summed E-state index contributed by atoms with van der Waals surface area (Å²) in [6, 6.07) is 7.33. The van der Waals surface area contributed by atoms with Gasteiger partial charge in [0.15, 0.2) is 11.5 Å². The van der Waals surface area contributed by atoms with Gasteiger partial charge in [-0.15, -0.1) is 0 Å². The van der Waals surface area contributed by atoms with Crippen LogP contribution in [0.3, 0.4) is 0 Å². The van der Waals surface area contributed by atoms with Crippen molar-refractivity contribution in [1.82, 2.24) is 5.32 Å². The molecule has 0 aromatic heterocycles. The second-order valence-electron chi connectivity index (χ2n) is 6.71. The second kappa shape index (κ2) is 4.66. The molecule has 2 unspecified atom stereocenters. The molecule has 2 aliphatic carbocycles. The minimum atomic E-state index is 0.326. The van der Waals surface area contributed by atoms with Gasteiger partial charge in [0, 0.05) is 12.5 Å². The van der Waals surface area contributed by atoms with E-state index in [1.807, 2.05) is 0 Å². The van der Waals surface area contributed by atoms with E-state index in [0.717, 1.165) is 49.6 Å². The number of hydrogen-bond donors (Lipinski definition) is 1. The molecule has 0 spiro atoms. The van der Waals surface area contributed by atoms with Crippen LogP contribution in [0.5, 0.6) is 11.5 Å². The van der Waals surface area contributed by atoms with Crippen molar-refractivity contribution in [3.05, 3.63) is 23.8 Å². The quantitative estimate of drug-likeness (QED) is 0.915. The number of hydrogen-bond acceptors (Lipinski definition) is 3. The highest BCUT2D eigenvalue weighted by atomic mass is 16.5. The van der Waals surface area contributed by atoms with Crippen molar-refractivity contribution in [2.45, 2.75) is 44.1 Å². The second-order valence-corrected chi connectivity index (χ2v) is 6.71. The molecular formula is C17H23NO2. The van der Waals surface area contributed by atoms with Crippen LogP contribution >= 0.6 is 0 Å². The zero-order chi connectivity index (χ0) is 13.6. The van der Waals surface area contributed by atoms with Crippen molar-refractivity contribution in [3.8, 4) is 11.5 Å². The third kappa shape index (κ3) is 2.28. The molecule has 2 fully saturated rings. The summed E-state index contributed by atoms with van der Waals surface area (Å²) < 4.78 is 11.5. The predicted octanol–water partition coefficient (Wildman–Crippen LogP) is 2.88. The number of rotatable bonds is 4. The summed E-state index contributed by atoms with van der Waals surface area (Å²) in [4.78, 5) is 0. The molecule has 0 saturated heterocycles. The van der Waals surface area contributed by atoms with Crippen LogP contribution in [0, 0.1) is 5.92 Å². The van der Waals surface area contributed by atoms with E-state index in [1.54, 1.807) is 0 Å². The first-order valence-corrected chi connectivity index (χ1v) is 7.89. The zero-order valence-corrected chi connectivity index (χ0v) is 12.2. The monoisotopic (exact) mass is 273 g/mol. The Labute approximate surface area is 120 Å². The molecule has 3 heteroatoms. The summed E-state index contributed by atoms with van der Waals surface area (Å²) in [5.41, 5.74) is 1.73. The summed E-state index contributed by atoms with van der Waals surface area (Å²) in [6.45, 7) is 5.07. The fourth-order valence-electron chi connectivity index (χ4n) is 3.22. The van der Waals surface area contributed by atoms with E-state index in [1.165, 1.54) is 24.8 Å². The van der Waals surface area contributed by atoms with E-state index in [-0.39, 0.29) is 0 Å². The largest absolute Gasteiger partial charge is 0.490 e. The summed E-state index contributed by atoms with van der Waals surface area (Å²) in [5, 5.41) is 3.66. The van der Waals surface area contributed by atoms with Gasteiger partial charge < -0.3 is 14.8 Å². The van der Waals surface area contributed by atoms with E-state index >= 15 is 0 Å². The molecule has 4 rings (SSSR count). The highest BCUT2D eigenvalue weighted by Gasteiger charge is 2.51. The molecule has 108 valence electrons. The summed E-state index contributed by atoms with van der Waals surface area (Å²) in [6.07, 6.45) is 4.99. The van der Waals surface area contributed by atoms with Gasteiger partial charge >= 0.3 is 0 Å². The summed E-state index contributed by atoms with van der Waals surface area (Å²) in [5.74, 6) is 2.61. The normalized spacial score (nSPS) is 31.8. The van der Waals surface area contributed by atoms with Crippen LogP contribution in [0.2, 0.25) is 0 Å². The van der Waals surface area contributed by atoms with Gasteiger partial charge in [-0.3, -0.25) is 0 Å². The first-order valence-electron chi connectivity index (χ1n) is 7.89. The van der Waals surface area contributed by atoms with E-state index in [4.69, 9.17) is 9.47 Å². The molecule has 0 radical (unpaired) electrons. The Morgan fingerprint density at radius 3 is 2.80 bits per heavy atom. The highest BCUT2D eigenvalue weighted by Crippen LogP contribution is 2.55. The lowest BCUT2D eigenvalue weighted by molar-refractivity contribution is 0.297. The summed E-state index contributed by atoms with van der Waals surface area (Å²) in [7, 11) is 0. The maximum Gasteiger partial charge on any atom is 0.161 e. The van der Waals surface area contributed by atoms with Crippen LogP contribution in [0.25, 0.3) is 0 Å². The van der Waals surface area contributed by atoms with E-state index in [0.29, 0.717) is 5.41 Å². The average molecular weight is 273 g/mol. The van der Waals surface area contributed by atoms with Crippen LogP contribution in [0.15, 0.2) is 18.2 Å². The molecule has 1 N–H and O–H groups in total. The Bertz CT molecular complexity index is 512. The number of nitrogens with one attached hydrogen (secondary N) is 1. The molecule has 0 bridgehead atoms. The van der Waals surface area contributed by atoms with E-state index in [9.17, 15) is 0 Å². The lowest BCUT2D eigenvalue weighted by Crippen LogP contribution is -2.22. The average Bonchev–Trinajstić information content (AvgIpc) is 3.33. The van der Waals surface area contributed by atoms with Gasteiger partial charge in [0.2, 0.25) is 0 Å². The van der Waals surface area contributed by atoms with Crippen LogP contribution in [0.1, 0.15) is 38.2 Å². The van der Waals surface area contributed by atoms with Crippen molar-refractivity contribution >= 4 is 0 Å². The molecule has 2 atom stereocenters. The third-order valence-electron chi connectivity index (χ3n) is 5.05. The Balaban J connectivity index is 1.49. The van der Waals surface area contributed by atoms with Crippen molar-refractivity contribution < 1.29 is 9.47 Å². The van der Waals surface area contributed by atoms with Gasteiger partial charge in [-0.2, -0.15) is 0 Å². The highest BCUT2D eigenvalue weighted by molar-refractivity contribution is 5.47. The molecular weight excluding hydrogens is 250 g/mol. The third-order valence-corrected chi connectivity index (χ3v) is 5.05.